The molecule has 0 fully saturated rings. The van der Waals surface area contributed by atoms with E-state index in [1.807, 2.05) is 0 Å². The molecule has 0 unspecified atom stereocenters. The first-order chi connectivity index (χ1) is 15.8. The van der Waals surface area contributed by atoms with E-state index >= 15 is 0 Å². The summed E-state index contributed by atoms with van der Waals surface area (Å²) >= 11 is 14.2. The lowest BCUT2D eigenvalue weighted by molar-refractivity contribution is 0.0635. The number of fused-ring (bicyclic) bond motifs is 1. The van der Waals surface area contributed by atoms with E-state index in [-0.39, 0.29) is 10.8 Å². The highest BCUT2D eigenvalue weighted by molar-refractivity contribution is 7.99. The lowest BCUT2D eigenvalue weighted by Crippen LogP contribution is -2.27. The zero-order valence-electron chi connectivity index (χ0n) is 20.1. The first-order valence-corrected chi connectivity index (χ1v) is 16.0. The minimum atomic E-state index is -1.16. The van der Waals surface area contributed by atoms with Gasteiger partial charge in [0, 0.05) is 31.8 Å². The van der Waals surface area contributed by atoms with Crippen LogP contribution in [0.4, 0.5) is 10.6 Å². The van der Waals surface area contributed by atoms with Gasteiger partial charge in [-0.05, 0) is 32.9 Å². The second-order valence-electron chi connectivity index (χ2n) is 9.86. The van der Waals surface area contributed by atoms with Crippen molar-refractivity contribution in [1.29, 1.82) is 0 Å². The highest BCUT2D eigenvalue weighted by Crippen LogP contribution is 2.36. The number of amides is 1. The van der Waals surface area contributed by atoms with E-state index in [9.17, 15) is 4.79 Å². The summed E-state index contributed by atoms with van der Waals surface area (Å²) in [6, 6.07) is 4.58. The normalized spacial score (nSPS) is 12.2. The largest absolute Gasteiger partial charge is 0.444 e. The number of halogens is 2. The third kappa shape index (κ3) is 7.57. The van der Waals surface area contributed by atoms with Crippen molar-refractivity contribution >= 4 is 66.1 Å². The SMILES string of the molecule is CC(C)(C)OC(=O)Nc1nccc(Sc2cnc3c(cc(Cl)n3COCC[Si](C)(C)C)n2)c1Cl. The fourth-order valence-corrected chi connectivity index (χ4v) is 4.84. The minimum Gasteiger partial charge on any atom is -0.444 e. The van der Waals surface area contributed by atoms with Gasteiger partial charge in [0.15, 0.2) is 11.5 Å². The molecule has 0 aliphatic heterocycles. The van der Waals surface area contributed by atoms with Crippen LogP contribution in [0, 0.1) is 0 Å². The Labute approximate surface area is 214 Å². The zero-order chi connectivity index (χ0) is 25.1. The number of nitrogens with one attached hydrogen (secondary N) is 1. The maximum absolute atomic E-state index is 12.1. The van der Waals surface area contributed by atoms with Gasteiger partial charge < -0.3 is 9.47 Å². The lowest BCUT2D eigenvalue weighted by Gasteiger charge is -2.19. The van der Waals surface area contributed by atoms with Crippen molar-refractivity contribution in [3.8, 4) is 0 Å². The molecule has 0 bridgehead atoms. The van der Waals surface area contributed by atoms with Crippen molar-refractivity contribution < 1.29 is 14.3 Å². The Kier molecular flexibility index (Phi) is 8.51. The molecule has 0 aliphatic rings. The number of rotatable bonds is 8. The lowest BCUT2D eigenvalue weighted by atomic mass is 10.2. The van der Waals surface area contributed by atoms with Crippen LogP contribution in [0.5, 0.6) is 0 Å². The van der Waals surface area contributed by atoms with Gasteiger partial charge in [-0.15, -0.1) is 0 Å². The summed E-state index contributed by atoms with van der Waals surface area (Å²) in [5, 5.41) is 4.00. The fourth-order valence-electron chi connectivity index (χ4n) is 2.79. The predicted octanol–water partition coefficient (Wildman–Crippen LogP) is 6.94. The third-order valence-corrected chi connectivity index (χ3v) is 7.91. The van der Waals surface area contributed by atoms with E-state index in [4.69, 9.17) is 32.7 Å². The zero-order valence-corrected chi connectivity index (χ0v) is 23.4. The van der Waals surface area contributed by atoms with E-state index in [1.165, 1.54) is 11.8 Å². The number of nitrogens with zero attached hydrogens (tertiary/aromatic N) is 4. The molecule has 0 radical (unpaired) electrons. The number of hydrogen-bond acceptors (Lipinski definition) is 7. The first kappa shape index (κ1) is 26.7. The van der Waals surface area contributed by atoms with E-state index < -0.39 is 19.8 Å². The van der Waals surface area contributed by atoms with Crippen LogP contribution in [-0.2, 0) is 16.2 Å². The number of hydrogen-bond donors (Lipinski definition) is 1. The van der Waals surface area contributed by atoms with Crippen LogP contribution in [0.2, 0.25) is 35.9 Å². The number of anilines is 1. The molecule has 3 aromatic heterocycles. The van der Waals surface area contributed by atoms with Gasteiger partial charge in [0.25, 0.3) is 0 Å². The Balaban J connectivity index is 1.73. The maximum atomic E-state index is 12.1. The molecule has 0 aromatic carbocycles. The van der Waals surface area contributed by atoms with Crippen molar-refractivity contribution in [3.63, 3.8) is 0 Å². The smallest absolute Gasteiger partial charge is 0.413 e. The number of aromatic nitrogens is 4. The Bertz CT molecular complexity index is 1180. The molecular weight excluding hydrogens is 513 g/mol. The molecule has 0 spiro atoms. The van der Waals surface area contributed by atoms with Crippen molar-refractivity contribution in [2.45, 2.75) is 68.7 Å². The quantitative estimate of drug-likeness (QED) is 0.243. The molecule has 0 saturated carbocycles. The number of pyridine rings is 1. The molecule has 0 atom stereocenters. The van der Waals surface area contributed by atoms with Crippen molar-refractivity contribution in [2.75, 3.05) is 11.9 Å². The highest BCUT2D eigenvalue weighted by Gasteiger charge is 2.19. The average molecular weight is 543 g/mol. The standard InChI is InChI=1S/C22H29Cl2N5O3SSi/c1-22(2,3)32-21(30)28-19-18(24)15(7-8-25-19)33-17-12-26-20-14(27-17)11-16(23)29(20)13-31-9-10-34(4,5)6/h7-8,11-12H,9-10,13H2,1-6H3,(H,25,28,30). The molecule has 8 nitrogen and oxygen atoms in total. The Morgan fingerprint density at radius 2 is 1.97 bits per heavy atom. The van der Waals surface area contributed by atoms with Crippen LogP contribution in [0.3, 0.4) is 0 Å². The second-order valence-corrected chi connectivity index (χ2v) is 17.3. The number of carbonyl (C=O) groups excluding carboxylic acids is 1. The van der Waals surface area contributed by atoms with Gasteiger partial charge in [-0.3, -0.25) is 9.88 Å². The van der Waals surface area contributed by atoms with E-state index in [0.717, 1.165) is 6.04 Å². The van der Waals surface area contributed by atoms with Crippen LogP contribution in [0.25, 0.3) is 11.2 Å². The van der Waals surface area contributed by atoms with Gasteiger partial charge in [-0.25, -0.2) is 19.7 Å². The highest BCUT2D eigenvalue weighted by atomic mass is 35.5. The number of ether oxygens (including phenoxy) is 2. The minimum absolute atomic E-state index is 0.208. The fraction of sp³-hybridized carbons (Fsp3) is 0.455. The van der Waals surface area contributed by atoms with Gasteiger partial charge in [-0.1, -0.05) is 54.6 Å². The van der Waals surface area contributed by atoms with Gasteiger partial charge in [0.1, 0.15) is 28.0 Å². The molecule has 34 heavy (non-hydrogen) atoms. The van der Waals surface area contributed by atoms with Crippen molar-refractivity contribution in [1.82, 2.24) is 19.5 Å². The van der Waals surface area contributed by atoms with Crippen LogP contribution < -0.4 is 5.32 Å². The second kappa shape index (κ2) is 10.8. The van der Waals surface area contributed by atoms with Gasteiger partial charge >= 0.3 is 6.09 Å². The van der Waals surface area contributed by atoms with E-state index in [0.29, 0.717) is 39.6 Å². The predicted molar refractivity (Wildman–Crippen MR) is 140 cm³/mol. The summed E-state index contributed by atoms with van der Waals surface area (Å²) in [6.07, 6.45) is 2.57. The van der Waals surface area contributed by atoms with Crippen molar-refractivity contribution in [2.24, 2.45) is 0 Å². The van der Waals surface area contributed by atoms with Crippen LogP contribution in [-0.4, -0.2) is 45.9 Å². The molecule has 3 heterocycles. The average Bonchev–Trinajstić information content (AvgIpc) is 3.00. The molecule has 184 valence electrons. The molecule has 12 heteroatoms. The van der Waals surface area contributed by atoms with Crippen molar-refractivity contribution in [3.05, 3.63) is 34.7 Å². The molecule has 0 saturated heterocycles. The molecular formula is C22H29Cl2N5O3SSi. The first-order valence-electron chi connectivity index (χ1n) is 10.7. The van der Waals surface area contributed by atoms with E-state index in [2.05, 4.69) is 39.9 Å². The molecule has 1 N–H and O–H groups in total. The summed E-state index contributed by atoms with van der Waals surface area (Å²) in [7, 11) is -1.16. The summed E-state index contributed by atoms with van der Waals surface area (Å²) in [4.78, 5) is 26.1. The Morgan fingerprint density at radius 1 is 1.24 bits per heavy atom. The summed E-state index contributed by atoms with van der Waals surface area (Å²) in [5.74, 6) is 0.208. The van der Waals surface area contributed by atoms with Crippen LogP contribution in [0.15, 0.2) is 34.4 Å². The summed E-state index contributed by atoms with van der Waals surface area (Å²) in [6.45, 7) is 13.3. The van der Waals surface area contributed by atoms with Gasteiger partial charge in [0.05, 0.1) is 11.2 Å². The monoisotopic (exact) mass is 541 g/mol. The van der Waals surface area contributed by atoms with Gasteiger partial charge in [-0.2, -0.15) is 0 Å². The Morgan fingerprint density at radius 3 is 2.65 bits per heavy atom. The van der Waals surface area contributed by atoms with Crippen LogP contribution >= 0.6 is 35.0 Å². The molecule has 1 amide bonds. The number of carbonyl (C=O) groups is 1. The molecule has 3 aromatic rings. The topological polar surface area (TPSA) is 91.2 Å². The van der Waals surface area contributed by atoms with Gasteiger partial charge in [0.2, 0.25) is 0 Å². The molecule has 3 rings (SSSR count). The maximum Gasteiger partial charge on any atom is 0.413 e. The van der Waals surface area contributed by atoms with E-state index in [1.54, 1.807) is 49.9 Å². The Hall–Kier alpha value is -1.85. The third-order valence-electron chi connectivity index (χ3n) is 4.43. The van der Waals surface area contributed by atoms with Crippen LogP contribution in [0.1, 0.15) is 20.8 Å². The molecule has 0 aliphatic carbocycles. The summed E-state index contributed by atoms with van der Waals surface area (Å²) < 4.78 is 12.9. The summed E-state index contributed by atoms with van der Waals surface area (Å²) in [5.41, 5.74) is 0.668.